The second-order valence-corrected chi connectivity index (χ2v) is 3.41. The second kappa shape index (κ2) is 1.27. The van der Waals surface area contributed by atoms with Crippen LogP contribution in [0.2, 0.25) is 0 Å². The van der Waals surface area contributed by atoms with Crippen LogP contribution in [0.25, 0.3) is 0 Å². The van der Waals surface area contributed by atoms with E-state index < -0.39 is 16.6 Å². The third kappa shape index (κ3) is 0.454. The minimum absolute atomic E-state index is 0.105. The van der Waals surface area contributed by atoms with Crippen molar-refractivity contribution in [1.29, 1.82) is 0 Å². The summed E-state index contributed by atoms with van der Waals surface area (Å²) in [6.07, 6.45) is 0. The molecule has 2 unspecified atom stereocenters. The van der Waals surface area contributed by atoms with Gasteiger partial charge in [0.1, 0.15) is 4.75 Å². The van der Waals surface area contributed by atoms with E-state index >= 15 is 0 Å². The molecule has 0 aromatic rings. The van der Waals surface area contributed by atoms with E-state index in [1.807, 2.05) is 0 Å². The Hall–Kier alpha value is 0.170. The molecule has 1 saturated heterocycles. The highest BCUT2D eigenvalue weighted by atomic mass is 32.1. The lowest BCUT2D eigenvalue weighted by Gasteiger charge is -2.05. The summed E-state index contributed by atoms with van der Waals surface area (Å²) in [7, 11) is 0. The lowest BCUT2D eigenvalue weighted by molar-refractivity contribution is 0.0237. The highest BCUT2D eigenvalue weighted by molar-refractivity contribution is 7.82. The molecule has 4 heteroatoms. The maximum Gasteiger partial charge on any atom is 0.271 e. The fraction of sp³-hybridized carbons (Fsp3) is 1.00. The maximum atomic E-state index is 12.5. The fourth-order valence-corrected chi connectivity index (χ4v) is 1.71. The summed E-state index contributed by atoms with van der Waals surface area (Å²) in [5.74, 6) is -3.18. The zero-order valence-corrected chi connectivity index (χ0v) is 5.50. The Morgan fingerprint density at radius 3 is 2.44 bits per heavy atom. The molecule has 0 spiro atoms. The highest BCUT2D eigenvalue weighted by Gasteiger charge is 2.81. The number of hydrogen-bond acceptors (Lipinski definition) is 2. The molecule has 1 aliphatic heterocycles. The molecule has 0 radical (unpaired) electrons. The first-order valence-electron chi connectivity index (χ1n) is 2.77. The van der Waals surface area contributed by atoms with Crippen molar-refractivity contribution in [2.24, 2.45) is 5.92 Å². The van der Waals surface area contributed by atoms with Crippen LogP contribution >= 0.6 is 12.6 Å². The standard InChI is InChI=1S/C5H6F2OS/c6-5(7)3-1-8-2-4(3,5)9/h3,9H,1-2H2. The van der Waals surface area contributed by atoms with Crippen LogP contribution in [0.15, 0.2) is 0 Å². The molecular weight excluding hydrogens is 146 g/mol. The molecular formula is C5H6F2OS. The summed E-state index contributed by atoms with van der Waals surface area (Å²) in [6.45, 7) is 0.282. The molecule has 0 amide bonds. The van der Waals surface area contributed by atoms with E-state index in [1.54, 1.807) is 0 Å². The van der Waals surface area contributed by atoms with Gasteiger partial charge in [0, 0.05) is 0 Å². The van der Waals surface area contributed by atoms with Gasteiger partial charge in [-0.15, -0.1) is 0 Å². The van der Waals surface area contributed by atoms with Crippen LogP contribution in [0, 0.1) is 5.92 Å². The van der Waals surface area contributed by atoms with E-state index in [4.69, 9.17) is 4.74 Å². The average Bonchev–Trinajstić information content (AvgIpc) is 2.21. The van der Waals surface area contributed by atoms with Crippen molar-refractivity contribution in [3.05, 3.63) is 0 Å². The van der Waals surface area contributed by atoms with Gasteiger partial charge in [-0.1, -0.05) is 0 Å². The molecule has 0 aromatic heterocycles. The first-order chi connectivity index (χ1) is 4.09. The van der Waals surface area contributed by atoms with Crippen LogP contribution in [-0.2, 0) is 4.74 Å². The predicted octanol–water partition coefficient (Wildman–Crippen LogP) is 0.950. The van der Waals surface area contributed by atoms with Gasteiger partial charge in [-0.3, -0.25) is 0 Å². The third-order valence-corrected chi connectivity index (χ3v) is 2.85. The topological polar surface area (TPSA) is 9.23 Å². The van der Waals surface area contributed by atoms with Gasteiger partial charge in [0.15, 0.2) is 0 Å². The summed E-state index contributed by atoms with van der Waals surface area (Å²) in [6, 6.07) is 0. The van der Waals surface area contributed by atoms with Crippen molar-refractivity contribution in [2.75, 3.05) is 13.2 Å². The number of rotatable bonds is 0. The van der Waals surface area contributed by atoms with Gasteiger partial charge >= 0.3 is 0 Å². The minimum atomic E-state index is -2.56. The van der Waals surface area contributed by atoms with Gasteiger partial charge in [-0.2, -0.15) is 12.6 Å². The van der Waals surface area contributed by atoms with E-state index in [2.05, 4.69) is 12.6 Å². The van der Waals surface area contributed by atoms with E-state index in [9.17, 15) is 8.78 Å². The summed E-state index contributed by atoms with van der Waals surface area (Å²) >= 11 is 3.83. The van der Waals surface area contributed by atoms with Crippen LogP contribution in [0.1, 0.15) is 0 Å². The molecule has 0 aromatic carbocycles. The van der Waals surface area contributed by atoms with Gasteiger partial charge in [-0.05, 0) is 0 Å². The van der Waals surface area contributed by atoms with E-state index in [0.717, 1.165) is 0 Å². The summed E-state index contributed by atoms with van der Waals surface area (Å²) in [4.78, 5) is 0. The van der Waals surface area contributed by atoms with E-state index in [-0.39, 0.29) is 13.2 Å². The summed E-state index contributed by atoms with van der Waals surface area (Å²) in [5.41, 5.74) is 0. The molecule has 2 atom stereocenters. The number of fused-ring (bicyclic) bond motifs is 1. The highest BCUT2D eigenvalue weighted by Crippen LogP contribution is 2.65. The molecule has 2 aliphatic rings. The summed E-state index contributed by atoms with van der Waals surface area (Å²) in [5, 5.41) is 0. The van der Waals surface area contributed by atoms with Crippen molar-refractivity contribution in [3.8, 4) is 0 Å². The Labute approximate surface area is 56.8 Å². The minimum Gasteiger partial charge on any atom is -0.379 e. The first-order valence-corrected chi connectivity index (χ1v) is 3.22. The van der Waals surface area contributed by atoms with E-state index in [0.29, 0.717) is 0 Å². The van der Waals surface area contributed by atoms with Gasteiger partial charge in [0.2, 0.25) is 0 Å². The molecule has 9 heavy (non-hydrogen) atoms. The molecule has 0 bridgehead atoms. The Kier molecular flexibility index (Phi) is 0.837. The van der Waals surface area contributed by atoms with Gasteiger partial charge < -0.3 is 4.74 Å². The predicted molar refractivity (Wildman–Crippen MR) is 31.0 cm³/mol. The third-order valence-electron chi connectivity index (χ3n) is 2.11. The Balaban J connectivity index is 2.26. The lowest BCUT2D eigenvalue weighted by atomic mass is 10.4. The van der Waals surface area contributed by atoms with Crippen LogP contribution in [0.5, 0.6) is 0 Å². The van der Waals surface area contributed by atoms with E-state index in [1.165, 1.54) is 0 Å². The average molecular weight is 152 g/mol. The number of ether oxygens (including phenoxy) is 1. The molecule has 2 rings (SSSR count). The molecule has 1 aliphatic carbocycles. The van der Waals surface area contributed by atoms with Gasteiger partial charge in [-0.25, -0.2) is 8.78 Å². The fourth-order valence-electron chi connectivity index (χ4n) is 1.29. The largest absolute Gasteiger partial charge is 0.379 e. The Bertz CT molecular complexity index is 161. The monoisotopic (exact) mass is 152 g/mol. The van der Waals surface area contributed by atoms with Crippen LogP contribution < -0.4 is 0 Å². The van der Waals surface area contributed by atoms with Crippen molar-refractivity contribution in [2.45, 2.75) is 10.7 Å². The quantitative estimate of drug-likeness (QED) is 0.508. The lowest BCUT2D eigenvalue weighted by Crippen LogP contribution is -2.16. The van der Waals surface area contributed by atoms with Crippen molar-refractivity contribution in [1.82, 2.24) is 0 Å². The van der Waals surface area contributed by atoms with Crippen molar-refractivity contribution >= 4 is 12.6 Å². The van der Waals surface area contributed by atoms with Crippen LogP contribution in [-0.4, -0.2) is 23.9 Å². The molecule has 0 N–H and O–H groups in total. The summed E-state index contributed by atoms with van der Waals surface area (Å²) < 4.78 is 28.6. The smallest absolute Gasteiger partial charge is 0.271 e. The number of hydrogen-bond donors (Lipinski definition) is 1. The second-order valence-electron chi connectivity index (χ2n) is 2.61. The van der Waals surface area contributed by atoms with Gasteiger partial charge in [0.05, 0.1) is 19.1 Å². The number of thiol groups is 1. The van der Waals surface area contributed by atoms with Crippen LogP contribution in [0.4, 0.5) is 8.78 Å². The van der Waals surface area contributed by atoms with Gasteiger partial charge in [0.25, 0.3) is 5.92 Å². The SMILES string of the molecule is FC1(F)C2COCC21S. The zero-order valence-electron chi connectivity index (χ0n) is 4.60. The molecule has 1 nitrogen and oxygen atoms in total. The Morgan fingerprint density at radius 2 is 2.22 bits per heavy atom. The van der Waals surface area contributed by atoms with Crippen molar-refractivity contribution in [3.63, 3.8) is 0 Å². The van der Waals surface area contributed by atoms with Crippen molar-refractivity contribution < 1.29 is 13.5 Å². The maximum absolute atomic E-state index is 12.5. The molecule has 1 saturated carbocycles. The molecule has 52 valence electrons. The Morgan fingerprint density at radius 1 is 1.56 bits per heavy atom. The number of halogens is 2. The zero-order chi connectivity index (χ0) is 6.70. The molecule has 2 fully saturated rings. The van der Waals surface area contributed by atoms with Crippen LogP contribution in [0.3, 0.4) is 0 Å². The molecule has 1 heterocycles. The first kappa shape index (κ1) is 5.92. The normalized spacial score (nSPS) is 53.0. The number of alkyl halides is 2.